The lowest BCUT2D eigenvalue weighted by atomic mass is 10.1. The molecule has 3 heteroatoms. The fourth-order valence-corrected chi connectivity index (χ4v) is 1.99. The van der Waals surface area contributed by atoms with Crippen LogP contribution in [0.4, 0.5) is 0 Å². The Kier molecular flexibility index (Phi) is 3.81. The average molecular weight is 239 g/mol. The minimum Gasteiger partial charge on any atom is -0.346 e. The zero-order chi connectivity index (χ0) is 13.0. The summed E-state index contributed by atoms with van der Waals surface area (Å²) in [7, 11) is 1.96. The Balaban J connectivity index is 2.18. The van der Waals surface area contributed by atoms with E-state index in [2.05, 4.69) is 41.2 Å². The molecule has 18 heavy (non-hydrogen) atoms. The van der Waals surface area contributed by atoms with Gasteiger partial charge in [-0.25, -0.2) is 0 Å². The Labute approximate surface area is 108 Å². The van der Waals surface area contributed by atoms with Crippen LogP contribution in [-0.4, -0.2) is 11.6 Å². The van der Waals surface area contributed by atoms with Crippen LogP contribution in [-0.2, 0) is 6.54 Å². The highest BCUT2D eigenvalue weighted by molar-refractivity contribution is 5.32. The number of aromatic nitrogens is 1. The summed E-state index contributed by atoms with van der Waals surface area (Å²) in [6.45, 7) is 2.98. The molecule has 3 nitrogen and oxygen atoms in total. The van der Waals surface area contributed by atoms with Crippen molar-refractivity contribution in [3.8, 4) is 6.07 Å². The Morgan fingerprint density at radius 3 is 2.61 bits per heavy atom. The molecule has 92 valence electrons. The van der Waals surface area contributed by atoms with Crippen molar-refractivity contribution in [1.29, 1.82) is 5.26 Å². The van der Waals surface area contributed by atoms with E-state index in [4.69, 9.17) is 5.26 Å². The van der Waals surface area contributed by atoms with E-state index in [1.165, 1.54) is 11.3 Å². The highest BCUT2D eigenvalue weighted by Gasteiger charge is 2.07. The van der Waals surface area contributed by atoms with Gasteiger partial charge in [0.05, 0.1) is 11.6 Å². The number of nitriles is 1. The minimum atomic E-state index is 0.332. The second-order valence-corrected chi connectivity index (χ2v) is 4.38. The largest absolute Gasteiger partial charge is 0.346 e. The minimum absolute atomic E-state index is 0.332. The van der Waals surface area contributed by atoms with E-state index in [0.717, 1.165) is 6.54 Å². The number of rotatable bonds is 4. The zero-order valence-electron chi connectivity index (χ0n) is 10.7. The lowest BCUT2D eigenvalue weighted by Crippen LogP contribution is -2.16. The lowest BCUT2D eigenvalue weighted by molar-refractivity contribution is 0.589. The molecule has 0 saturated carbocycles. The third kappa shape index (κ3) is 2.61. The van der Waals surface area contributed by atoms with Gasteiger partial charge in [0, 0.05) is 24.5 Å². The summed E-state index contributed by atoms with van der Waals surface area (Å²) in [6.07, 6.45) is 2.08. The van der Waals surface area contributed by atoms with Gasteiger partial charge in [-0.05, 0) is 43.8 Å². The summed E-state index contributed by atoms with van der Waals surface area (Å²) in [5.41, 5.74) is 3.17. The van der Waals surface area contributed by atoms with Gasteiger partial charge >= 0.3 is 0 Å². The highest BCUT2D eigenvalue weighted by Crippen LogP contribution is 2.15. The third-order valence-corrected chi connectivity index (χ3v) is 3.18. The Bertz CT molecular complexity index is 546. The van der Waals surface area contributed by atoms with Crippen molar-refractivity contribution in [3.63, 3.8) is 0 Å². The highest BCUT2D eigenvalue weighted by atomic mass is 15.0. The molecular weight excluding hydrogens is 222 g/mol. The van der Waals surface area contributed by atoms with Crippen LogP contribution in [0.5, 0.6) is 0 Å². The molecule has 2 aromatic rings. The van der Waals surface area contributed by atoms with Crippen molar-refractivity contribution in [2.75, 3.05) is 7.05 Å². The van der Waals surface area contributed by atoms with Gasteiger partial charge in [-0.1, -0.05) is 12.1 Å². The normalized spacial score (nSPS) is 12.1. The predicted octanol–water partition coefficient (Wildman–Crippen LogP) is 2.69. The van der Waals surface area contributed by atoms with Gasteiger partial charge < -0.3 is 9.88 Å². The maximum absolute atomic E-state index is 8.77. The maximum Gasteiger partial charge on any atom is 0.0991 e. The monoisotopic (exact) mass is 239 g/mol. The topological polar surface area (TPSA) is 40.8 Å². The average Bonchev–Trinajstić information content (AvgIpc) is 2.87. The van der Waals surface area contributed by atoms with Gasteiger partial charge in [-0.3, -0.25) is 0 Å². The van der Waals surface area contributed by atoms with Crippen molar-refractivity contribution >= 4 is 0 Å². The van der Waals surface area contributed by atoms with Gasteiger partial charge in [0.25, 0.3) is 0 Å². The van der Waals surface area contributed by atoms with E-state index in [9.17, 15) is 0 Å². The second kappa shape index (κ2) is 5.52. The Hall–Kier alpha value is -2.05. The second-order valence-electron chi connectivity index (χ2n) is 4.38. The van der Waals surface area contributed by atoms with Crippen LogP contribution in [0.1, 0.15) is 29.8 Å². The number of hydrogen-bond acceptors (Lipinski definition) is 2. The Morgan fingerprint density at radius 1 is 1.28 bits per heavy atom. The Morgan fingerprint density at radius 2 is 2.00 bits per heavy atom. The molecule has 0 bridgehead atoms. The van der Waals surface area contributed by atoms with Crippen molar-refractivity contribution in [1.82, 2.24) is 9.88 Å². The first-order valence-electron chi connectivity index (χ1n) is 6.06. The molecule has 1 aromatic heterocycles. The first kappa shape index (κ1) is 12.4. The smallest absolute Gasteiger partial charge is 0.0991 e. The van der Waals surface area contributed by atoms with Crippen LogP contribution >= 0.6 is 0 Å². The standard InChI is InChI=1S/C15H17N3/c1-12(17-2)15-4-3-9-18(15)11-14-7-5-13(10-16)6-8-14/h3-9,12,17H,11H2,1-2H3. The number of benzene rings is 1. The fraction of sp³-hybridized carbons (Fsp3) is 0.267. The van der Waals surface area contributed by atoms with E-state index >= 15 is 0 Å². The first-order valence-corrected chi connectivity index (χ1v) is 6.06. The van der Waals surface area contributed by atoms with Gasteiger partial charge in [0.2, 0.25) is 0 Å². The molecule has 1 N–H and O–H groups in total. The SMILES string of the molecule is CNC(C)c1cccn1Cc1ccc(C#N)cc1. The fourth-order valence-electron chi connectivity index (χ4n) is 1.99. The molecular formula is C15H17N3. The lowest BCUT2D eigenvalue weighted by Gasteiger charge is -2.15. The van der Waals surface area contributed by atoms with Crippen LogP contribution in [0.25, 0.3) is 0 Å². The van der Waals surface area contributed by atoms with E-state index in [0.29, 0.717) is 11.6 Å². The molecule has 0 spiro atoms. The first-order chi connectivity index (χ1) is 8.74. The quantitative estimate of drug-likeness (QED) is 0.891. The van der Waals surface area contributed by atoms with E-state index in [-0.39, 0.29) is 0 Å². The van der Waals surface area contributed by atoms with Crippen molar-refractivity contribution < 1.29 is 0 Å². The van der Waals surface area contributed by atoms with Gasteiger partial charge in [0.15, 0.2) is 0 Å². The molecule has 0 fully saturated rings. The van der Waals surface area contributed by atoms with Crippen LogP contribution in [0, 0.1) is 11.3 Å². The van der Waals surface area contributed by atoms with E-state index in [1.54, 1.807) is 0 Å². The summed E-state index contributed by atoms with van der Waals surface area (Å²) >= 11 is 0. The summed E-state index contributed by atoms with van der Waals surface area (Å²) in [5.74, 6) is 0. The van der Waals surface area contributed by atoms with Gasteiger partial charge in [0.1, 0.15) is 0 Å². The van der Waals surface area contributed by atoms with Crippen molar-refractivity contribution in [2.45, 2.75) is 19.5 Å². The maximum atomic E-state index is 8.77. The molecule has 0 radical (unpaired) electrons. The molecule has 1 atom stereocenters. The molecule has 0 amide bonds. The number of nitrogens with zero attached hydrogens (tertiary/aromatic N) is 2. The molecule has 1 aromatic carbocycles. The summed E-state index contributed by atoms with van der Waals surface area (Å²) in [4.78, 5) is 0. The van der Waals surface area contributed by atoms with Crippen molar-refractivity contribution in [2.24, 2.45) is 0 Å². The van der Waals surface area contributed by atoms with Crippen LogP contribution < -0.4 is 5.32 Å². The van der Waals surface area contributed by atoms with Crippen molar-refractivity contribution in [3.05, 3.63) is 59.4 Å². The van der Waals surface area contributed by atoms with E-state index in [1.807, 2.05) is 31.3 Å². The predicted molar refractivity (Wildman–Crippen MR) is 72.2 cm³/mol. The summed E-state index contributed by atoms with van der Waals surface area (Å²) in [6, 6.07) is 14.4. The van der Waals surface area contributed by atoms with Gasteiger partial charge in [-0.2, -0.15) is 5.26 Å². The molecule has 1 unspecified atom stereocenters. The van der Waals surface area contributed by atoms with Crippen LogP contribution in [0.3, 0.4) is 0 Å². The molecule has 0 aliphatic carbocycles. The van der Waals surface area contributed by atoms with Crippen LogP contribution in [0.15, 0.2) is 42.6 Å². The summed E-state index contributed by atoms with van der Waals surface area (Å²) in [5, 5.41) is 12.0. The zero-order valence-corrected chi connectivity index (χ0v) is 10.7. The third-order valence-electron chi connectivity index (χ3n) is 3.18. The molecule has 0 aliphatic rings. The van der Waals surface area contributed by atoms with E-state index < -0.39 is 0 Å². The summed E-state index contributed by atoms with van der Waals surface area (Å²) < 4.78 is 2.22. The van der Waals surface area contributed by atoms with Gasteiger partial charge in [-0.15, -0.1) is 0 Å². The number of nitrogens with one attached hydrogen (secondary N) is 1. The molecule has 2 rings (SSSR count). The molecule has 0 saturated heterocycles. The molecule has 1 heterocycles. The number of hydrogen-bond donors (Lipinski definition) is 1. The molecule has 0 aliphatic heterocycles. The van der Waals surface area contributed by atoms with Crippen LogP contribution in [0.2, 0.25) is 0 Å².